The number of amides is 1. The molecule has 0 N–H and O–H groups in total. The first kappa shape index (κ1) is 16.0. The van der Waals surface area contributed by atoms with Gasteiger partial charge in [-0.3, -0.25) is 9.69 Å². The molecule has 21 heavy (non-hydrogen) atoms. The van der Waals surface area contributed by atoms with E-state index in [2.05, 4.69) is 44.7 Å². The normalized spacial score (nSPS) is 25.1. The number of nitrogens with zero attached hydrogens (tertiary/aromatic N) is 3. The number of rotatable bonds is 4. The maximum atomic E-state index is 12.6. The fourth-order valence-electron chi connectivity index (χ4n) is 2.89. The summed E-state index contributed by atoms with van der Waals surface area (Å²) in [5.74, 6) is 0.657. The van der Waals surface area contributed by atoms with Crippen molar-refractivity contribution in [2.75, 3.05) is 19.6 Å². The maximum Gasteiger partial charge on any atom is 0.292 e. The minimum absolute atomic E-state index is 0.0350. The predicted molar refractivity (Wildman–Crippen MR) is 82.4 cm³/mol. The van der Waals surface area contributed by atoms with Crippen molar-refractivity contribution < 1.29 is 9.32 Å². The van der Waals surface area contributed by atoms with Crippen LogP contribution in [0.15, 0.2) is 10.6 Å². The van der Waals surface area contributed by atoms with Gasteiger partial charge in [0, 0.05) is 37.2 Å². The minimum atomic E-state index is -0.0350. The second kappa shape index (κ2) is 6.60. The van der Waals surface area contributed by atoms with E-state index in [1.165, 1.54) is 0 Å². The molecule has 0 aliphatic carbocycles. The Bertz CT molecular complexity index is 486. The third-order valence-corrected chi connectivity index (χ3v) is 4.64. The zero-order chi connectivity index (χ0) is 15.6. The molecular weight excluding hydrogens is 266 g/mol. The van der Waals surface area contributed by atoms with Crippen molar-refractivity contribution >= 4 is 5.91 Å². The van der Waals surface area contributed by atoms with Gasteiger partial charge in [-0.05, 0) is 26.8 Å². The van der Waals surface area contributed by atoms with Crippen molar-refractivity contribution in [3.8, 4) is 0 Å². The van der Waals surface area contributed by atoms with Crippen LogP contribution in [0.2, 0.25) is 0 Å². The lowest BCUT2D eigenvalue weighted by Crippen LogP contribution is -2.57. The van der Waals surface area contributed by atoms with Crippen molar-refractivity contribution in [2.24, 2.45) is 0 Å². The Labute approximate surface area is 127 Å². The van der Waals surface area contributed by atoms with E-state index >= 15 is 0 Å². The number of hydrogen-bond donors (Lipinski definition) is 0. The number of carbonyl (C=O) groups is 1. The van der Waals surface area contributed by atoms with Gasteiger partial charge in [-0.15, -0.1) is 0 Å². The number of piperazine rings is 1. The Morgan fingerprint density at radius 3 is 2.71 bits per heavy atom. The molecule has 1 aliphatic heterocycles. The monoisotopic (exact) mass is 293 g/mol. The molecule has 0 aromatic carbocycles. The average molecular weight is 293 g/mol. The van der Waals surface area contributed by atoms with Crippen molar-refractivity contribution in [1.82, 2.24) is 15.0 Å². The highest BCUT2D eigenvalue weighted by molar-refractivity contribution is 5.91. The third-order valence-electron chi connectivity index (χ3n) is 4.64. The molecule has 0 saturated carbocycles. The standard InChI is InChI=1S/C16H27N3O2/c1-6-11(3)14-8-15(21-17-14)16(20)19-10-12(4)18(7-2)9-13(19)5/h8,11-13H,6-7,9-10H2,1-5H3/t11-,12-,13-/m0/s1. The topological polar surface area (TPSA) is 49.6 Å². The molecule has 2 heterocycles. The molecule has 0 bridgehead atoms. The number of aromatic nitrogens is 1. The van der Waals surface area contributed by atoms with Crippen LogP contribution in [0.1, 0.15) is 63.2 Å². The largest absolute Gasteiger partial charge is 0.351 e. The lowest BCUT2D eigenvalue weighted by Gasteiger charge is -2.43. The van der Waals surface area contributed by atoms with Gasteiger partial charge in [-0.25, -0.2) is 0 Å². The van der Waals surface area contributed by atoms with Gasteiger partial charge in [-0.1, -0.05) is 25.9 Å². The van der Waals surface area contributed by atoms with Crippen LogP contribution in [0.3, 0.4) is 0 Å². The Morgan fingerprint density at radius 1 is 1.38 bits per heavy atom. The molecule has 5 heteroatoms. The smallest absolute Gasteiger partial charge is 0.292 e. The van der Waals surface area contributed by atoms with Crippen LogP contribution in [-0.2, 0) is 0 Å². The highest BCUT2D eigenvalue weighted by Gasteiger charge is 2.33. The molecule has 1 aliphatic rings. The van der Waals surface area contributed by atoms with E-state index < -0.39 is 0 Å². The quantitative estimate of drug-likeness (QED) is 0.856. The minimum Gasteiger partial charge on any atom is -0.351 e. The molecule has 3 atom stereocenters. The van der Waals surface area contributed by atoms with E-state index in [-0.39, 0.29) is 11.9 Å². The molecule has 1 amide bonds. The lowest BCUT2D eigenvalue weighted by molar-refractivity contribution is 0.0303. The van der Waals surface area contributed by atoms with Crippen LogP contribution in [0.5, 0.6) is 0 Å². The molecule has 5 nitrogen and oxygen atoms in total. The second-order valence-electron chi connectivity index (χ2n) is 6.17. The molecule has 0 radical (unpaired) electrons. The summed E-state index contributed by atoms with van der Waals surface area (Å²) in [6.07, 6.45) is 0.989. The maximum absolute atomic E-state index is 12.6. The van der Waals surface area contributed by atoms with Crippen LogP contribution in [0.4, 0.5) is 0 Å². The zero-order valence-corrected chi connectivity index (χ0v) is 13.8. The van der Waals surface area contributed by atoms with Gasteiger partial charge >= 0.3 is 0 Å². The summed E-state index contributed by atoms with van der Waals surface area (Å²) in [6.45, 7) is 13.3. The Hall–Kier alpha value is -1.36. The van der Waals surface area contributed by atoms with Crippen molar-refractivity contribution in [2.45, 2.75) is 59.0 Å². The summed E-state index contributed by atoms with van der Waals surface area (Å²) >= 11 is 0. The molecule has 2 rings (SSSR count). The van der Waals surface area contributed by atoms with E-state index in [1.807, 2.05) is 4.90 Å². The molecule has 0 unspecified atom stereocenters. The fraction of sp³-hybridized carbons (Fsp3) is 0.750. The number of likely N-dealkylation sites (N-methyl/N-ethyl adjacent to an activating group) is 1. The van der Waals surface area contributed by atoms with E-state index in [1.54, 1.807) is 6.07 Å². The van der Waals surface area contributed by atoms with Gasteiger partial charge in [-0.2, -0.15) is 0 Å². The van der Waals surface area contributed by atoms with Crippen LogP contribution < -0.4 is 0 Å². The SMILES string of the molecule is CC[C@H](C)c1cc(C(=O)N2C[C@H](C)N(CC)C[C@@H]2C)on1. The highest BCUT2D eigenvalue weighted by atomic mass is 16.5. The Kier molecular flexibility index (Phi) is 5.04. The summed E-state index contributed by atoms with van der Waals surface area (Å²) in [7, 11) is 0. The van der Waals surface area contributed by atoms with Crippen LogP contribution >= 0.6 is 0 Å². The van der Waals surface area contributed by atoms with Crippen LogP contribution in [0, 0.1) is 0 Å². The summed E-state index contributed by atoms with van der Waals surface area (Å²) in [4.78, 5) is 17.0. The summed E-state index contributed by atoms with van der Waals surface area (Å²) < 4.78 is 5.28. The highest BCUT2D eigenvalue weighted by Crippen LogP contribution is 2.21. The van der Waals surface area contributed by atoms with Crippen molar-refractivity contribution in [1.29, 1.82) is 0 Å². The summed E-state index contributed by atoms with van der Waals surface area (Å²) in [5.41, 5.74) is 0.869. The molecular formula is C16H27N3O2. The van der Waals surface area contributed by atoms with Gasteiger partial charge in [0.1, 0.15) is 0 Å². The first-order chi connectivity index (χ1) is 9.97. The molecule has 118 valence electrons. The molecule has 1 aromatic rings. The van der Waals surface area contributed by atoms with E-state index in [0.29, 0.717) is 17.7 Å². The van der Waals surface area contributed by atoms with Crippen molar-refractivity contribution in [3.05, 3.63) is 17.5 Å². The van der Waals surface area contributed by atoms with Crippen LogP contribution in [-0.4, -0.2) is 52.6 Å². The zero-order valence-electron chi connectivity index (χ0n) is 13.8. The Balaban J connectivity index is 2.11. The Morgan fingerprint density at radius 2 is 2.10 bits per heavy atom. The van der Waals surface area contributed by atoms with Gasteiger partial charge in [0.05, 0.1) is 5.69 Å². The van der Waals surface area contributed by atoms with E-state index in [9.17, 15) is 4.79 Å². The third kappa shape index (κ3) is 3.28. The first-order valence-electron chi connectivity index (χ1n) is 7.99. The van der Waals surface area contributed by atoms with E-state index in [0.717, 1.165) is 31.7 Å². The second-order valence-corrected chi connectivity index (χ2v) is 6.17. The number of hydrogen-bond acceptors (Lipinski definition) is 4. The lowest BCUT2D eigenvalue weighted by atomic mass is 10.0. The molecule has 1 saturated heterocycles. The van der Waals surface area contributed by atoms with Crippen LogP contribution in [0.25, 0.3) is 0 Å². The molecule has 1 fully saturated rings. The average Bonchev–Trinajstić information content (AvgIpc) is 2.97. The fourth-order valence-corrected chi connectivity index (χ4v) is 2.89. The number of carbonyl (C=O) groups excluding carboxylic acids is 1. The first-order valence-corrected chi connectivity index (χ1v) is 7.99. The summed E-state index contributed by atoms with van der Waals surface area (Å²) in [5, 5.41) is 4.05. The van der Waals surface area contributed by atoms with E-state index in [4.69, 9.17) is 4.52 Å². The van der Waals surface area contributed by atoms with Gasteiger partial charge in [0.15, 0.2) is 0 Å². The van der Waals surface area contributed by atoms with Gasteiger partial charge < -0.3 is 9.42 Å². The molecule has 0 spiro atoms. The molecule has 1 aromatic heterocycles. The van der Waals surface area contributed by atoms with Gasteiger partial charge in [0.2, 0.25) is 5.76 Å². The summed E-state index contributed by atoms with van der Waals surface area (Å²) in [6, 6.07) is 2.39. The van der Waals surface area contributed by atoms with Gasteiger partial charge in [0.25, 0.3) is 5.91 Å². The van der Waals surface area contributed by atoms with Crippen molar-refractivity contribution in [3.63, 3.8) is 0 Å². The predicted octanol–water partition coefficient (Wildman–Crippen LogP) is 2.74.